The zero-order valence-electron chi connectivity index (χ0n) is 12.5. The van der Waals surface area contributed by atoms with E-state index < -0.39 is 0 Å². The summed E-state index contributed by atoms with van der Waals surface area (Å²) < 4.78 is 4.91. The lowest BCUT2D eigenvalue weighted by Gasteiger charge is -2.28. The molecule has 0 unspecified atom stereocenters. The first-order valence-electron chi connectivity index (χ1n) is 6.48. The number of carbonyl (C=O) groups excluding carboxylic acids is 1. The second-order valence-electron chi connectivity index (χ2n) is 5.70. The number of nitrogens with zero attached hydrogens (tertiary/aromatic N) is 1. The summed E-state index contributed by atoms with van der Waals surface area (Å²) in [5, 5.41) is 6.05. The summed E-state index contributed by atoms with van der Waals surface area (Å²) in [6.45, 7) is 7.95. The molecular weight excluding hydrogens is 230 g/mol. The highest BCUT2D eigenvalue weighted by molar-refractivity contribution is 5.77. The molecule has 0 aromatic carbocycles. The molecule has 18 heavy (non-hydrogen) atoms. The highest BCUT2D eigenvalue weighted by Gasteiger charge is 2.18. The van der Waals surface area contributed by atoms with Crippen molar-refractivity contribution < 1.29 is 9.53 Å². The van der Waals surface area contributed by atoms with Gasteiger partial charge in [-0.2, -0.15) is 0 Å². The molecule has 0 heterocycles. The first-order chi connectivity index (χ1) is 8.37. The zero-order valence-corrected chi connectivity index (χ0v) is 12.5. The molecule has 0 radical (unpaired) electrons. The average Bonchev–Trinajstić information content (AvgIpc) is 2.22. The summed E-state index contributed by atoms with van der Waals surface area (Å²) in [5.41, 5.74) is 0.166. The van der Waals surface area contributed by atoms with Crippen LogP contribution in [-0.4, -0.2) is 64.8 Å². The topological polar surface area (TPSA) is 53.6 Å². The van der Waals surface area contributed by atoms with Gasteiger partial charge in [0.15, 0.2) is 0 Å². The average molecular weight is 259 g/mol. The van der Waals surface area contributed by atoms with Gasteiger partial charge < -0.3 is 20.3 Å². The van der Waals surface area contributed by atoms with Crippen LogP contribution in [0.5, 0.6) is 0 Å². The third-order valence-corrected chi connectivity index (χ3v) is 2.48. The maximum atomic E-state index is 11.5. The van der Waals surface area contributed by atoms with E-state index in [-0.39, 0.29) is 11.3 Å². The van der Waals surface area contributed by atoms with E-state index in [0.29, 0.717) is 19.7 Å². The molecule has 2 N–H and O–H groups in total. The molecule has 5 nitrogen and oxygen atoms in total. The largest absolute Gasteiger partial charge is 0.385 e. The molecule has 0 rings (SSSR count). The van der Waals surface area contributed by atoms with Gasteiger partial charge in [-0.3, -0.25) is 4.79 Å². The van der Waals surface area contributed by atoms with Gasteiger partial charge in [0.25, 0.3) is 0 Å². The fraction of sp³-hybridized carbons (Fsp3) is 0.923. The number of carbonyl (C=O) groups is 1. The highest BCUT2D eigenvalue weighted by atomic mass is 16.5. The first kappa shape index (κ1) is 17.4. The maximum absolute atomic E-state index is 11.5. The van der Waals surface area contributed by atoms with Crippen LogP contribution in [0.25, 0.3) is 0 Å². The summed E-state index contributed by atoms with van der Waals surface area (Å²) >= 11 is 0. The number of hydrogen-bond acceptors (Lipinski definition) is 4. The van der Waals surface area contributed by atoms with Gasteiger partial charge >= 0.3 is 0 Å². The maximum Gasteiger partial charge on any atom is 0.233 e. The Hall–Kier alpha value is -0.650. The molecule has 0 spiro atoms. The third kappa shape index (κ3) is 10.5. The van der Waals surface area contributed by atoms with E-state index in [1.165, 1.54) is 0 Å². The van der Waals surface area contributed by atoms with Crippen molar-refractivity contribution in [3.8, 4) is 0 Å². The molecule has 0 atom stereocenters. The van der Waals surface area contributed by atoms with Crippen LogP contribution in [0.4, 0.5) is 0 Å². The molecule has 0 saturated heterocycles. The Morgan fingerprint density at radius 2 is 2.00 bits per heavy atom. The summed E-state index contributed by atoms with van der Waals surface area (Å²) in [4.78, 5) is 13.6. The number of hydrogen-bond donors (Lipinski definition) is 2. The van der Waals surface area contributed by atoms with Crippen molar-refractivity contribution >= 4 is 5.91 Å². The summed E-state index contributed by atoms with van der Waals surface area (Å²) in [6.07, 6.45) is 0.856. The Morgan fingerprint density at radius 1 is 1.33 bits per heavy atom. The van der Waals surface area contributed by atoms with E-state index >= 15 is 0 Å². The number of rotatable bonds is 10. The van der Waals surface area contributed by atoms with Gasteiger partial charge in [-0.1, -0.05) is 13.8 Å². The molecule has 5 heteroatoms. The quantitative estimate of drug-likeness (QED) is 0.555. The van der Waals surface area contributed by atoms with Gasteiger partial charge in [0.1, 0.15) is 0 Å². The molecule has 0 bridgehead atoms. The second-order valence-corrected chi connectivity index (χ2v) is 5.70. The number of methoxy groups -OCH3 is 1. The molecule has 0 aromatic rings. The van der Waals surface area contributed by atoms with E-state index in [1.54, 1.807) is 7.11 Å². The van der Waals surface area contributed by atoms with Crippen LogP contribution in [-0.2, 0) is 9.53 Å². The Kier molecular flexibility index (Phi) is 8.97. The number of nitrogens with one attached hydrogen (secondary N) is 2. The van der Waals surface area contributed by atoms with Crippen molar-refractivity contribution in [2.24, 2.45) is 5.41 Å². The lowest BCUT2D eigenvalue weighted by molar-refractivity contribution is -0.120. The summed E-state index contributed by atoms with van der Waals surface area (Å²) in [5.74, 6) is 0.0479. The fourth-order valence-corrected chi connectivity index (χ4v) is 1.93. The van der Waals surface area contributed by atoms with Gasteiger partial charge in [-0.05, 0) is 25.9 Å². The van der Waals surface area contributed by atoms with Crippen molar-refractivity contribution in [2.75, 3.05) is 54.0 Å². The Labute approximate surface area is 111 Å². The smallest absolute Gasteiger partial charge is 0.233 e. The molecule has 0 aliphatic heterocycles. The number of ether oxygens (including phenoxy) is 1. The predicted octanol–water partition coefficient (Wildman–Crippen LogP) is 0.317. The third-order valence-electron chi connectivity index (χ3n) is 2.48. The van der Waals surface area contributed by atoms with Crippen molar-refractivity contribution in [1.82, 2.24) is 15.5 Å². The van der Waals surface area contributed by atoms with E-state index in [0.717, 1.165) is 19.5 Å². The van der Waals surface area contributed by atoms with Gasteiger partial charge in [-0.15, -0.1) is 0 Å². The van der Waals surface area contributed by atoms with E-state index in [9.17, 15) is 4.79 Å². The van der Waals surface area contributed by atoms with E-state index in [2.05, 4.69) is 43.5 Å². The lowest BCUT2D eigenvalue weighted by atomic mass is 9.93. The van der Waals surface area contributed by atoms with Crippen LogP contribution in [0.1, 0.15) is 20.3 Å². The Balaban J connectivity index is 3.61. The molecule has 108 valence electrons. The van der Waals surface area contributed by atoms with Crippen LogP contribution in [0.15, 0.2) is 0 Å². The van der Waals surface area contributed by atoms with Crippen LogP contribution in [0, 0.1) is 5.41 Å². The minimum Gasteiger partial charge on any atom is -0.385 e. The van der Waals surface area contributed by atoms with Gasteiger partial charge in [0, 0.05) is 33.4 Å². The van der Waals surface area contributed by atoms with Gasteiger partial charge in [0.05, 0.1) is 6.54 Å². The minimum absolute atomic E-state index is 0.0479. The van der Waals surface area contributed by atoms with Gasteiger partial charge in [0.2, 0.25) is 5.91 Å². The predicted molar refractivity (Wildman–Crippen MR) is 74.7 cm³/mol. The van der Waals surface area contributed by atoms with E-state index in [1.807, 2.05) is 0 Å². The molecule has 0 aliphatic carbocycles. The van der Waals surface area contributed by atoms with E-state index in [4.69, 9.17) is 4.74 Å². The van der Waals surface area contributed by atoms with Crippen LogP contribution in [0.2, 0.25) is 0 Å². The normalized spacial score (nSPS) is 11.9. The Morgan fingerprint density at radius 3 is 2.56 bits per heavy atom. The van der Waals surface area contributed by atoms with Crippen molar-refractivity contribution in [3.05, 3.63) is 0 Å². The van der Waals surface area contributed by atoms with Crippen LogP contribution >= 0.6 is 0 Å². The molecule has 0 aliphatic rings. The van der Waals surface area contributed by atoms with Crippen LogP contribution < -0.4 is 10.6 Å². The zero-order chi connectivity index (χ0) is 14.0. The molecule has 0 fully saturated rings. The summed E-state index contributed by atoms with van der Waals surface area (Å²) in [7, 11) is 5.78. The lowest BCUT2D eigenvalue weighted by Crippen LogP contribution is -2.42. The standard InChI is InChI=1S/C13H29N3O2/c1-13(2,11-16(3)4)10-14-9-12(17)15-7-6-8-18-5/h14H,6-11H2,1-5H3,(H,15,17). The first-order valence-corrected chi connectivity index (χ1v) is 6.48. The fourth-order valence-electron chi connectivity index (χ4n) is 1.93. The monoisotopic (exact) mass is 259 g/mol. The van der Waals surface area contributed by atoms with Crippen LogP contribution in [0.3, 0.4) is 0 Å². The minimum atomic E-state index is 0.0479. The molecule has 1 amide bonds. The van der Waals surface area contributed by atoms with Crippen molar-refractivity contribution in [1.29, 1.82) is 0 Å². The van der Waals surface area contributed by atoms with Crippen molar-refractivity contribution in [2.45, 2.75) is 20.3 Å². The molecule has 0 aromatic heterocycles. The Bertz CT molecular complexity index is 230. The SMILES string of the molecule is COCCCNC(=O)CNCC(C)(C)CN(C)C. The van der Waals surface area contributed by atoms with Gasteiger partial charge in [-0.25, -0.2) is 0 Å². The summed E-state index contributed by atoms with van der Waals surface area (Å²) in [6, 6.07) is 0. The van der Waals surface area contributed by atoms with Crippen molar-refractivity contribution in [3.63, 3.8) is 0 Å². The molecular formula is C13H29N3O2. The number of amides is 1. The highest BCUT2D eigenvalue weighted by Crippen LogP contribution is 2.13. The molecule has 0 saturated carbocycles. The second kappa shape index (κ2) is 9.30.